The minimum atomic E-state index is -0.282. The lowest BCUT2D eigenvalue weighted by Gasteiger charge is -2.07. The molecule has 0 radical (unpaired) electrons. The summed E-state index contributed by atoms with van der Waals surface area (Å²) in [7, 11) is 1.60. The number of carbonyl (C=O) groups excluding carboxylic acids is 1. The van der Waals surface area contributed by atoms with Crippen LogP contribution < -0.4 is 15.5 Å². The van der Waals surface area contributed by atoms with Crippen LogP contribution >= 0.6 is 22.9 Å². The fourth-order valence-corrected chi connectivity index (χ4v) is 3.52. The van der Waals surface area contributed by atoms with E-state index >= 15 is 0 Å². The maximum atomic E-state index is 12.0. The highest BCUT2D eigenvalue weighted by Gasteiger charge is 2.10. The molecule has 0 saturated heterocycles. The molecule has 2 aromatic heterocycles. The summed E-state index contributed by atoms with van der Waals surface area (Å²) >= 11 is 7.47. The number of amides is 1. The lowest BCUT2D eigenvalue weighted by Crippen LogP contribution is -2.24. The molecule has 0 aliphatic carbocycles. The number of para-hydroxylation sites is 2. The second kappa shape index (κ2) is 8.85. The Morgan fingerprint density at radius 3 is 2.89 bits per heavy atom. The minimum Gasteiger partial charge on any atom is -0.495 e. The zero-order valence-electron chi connectivity index (χ0n) is 15.6. The van der Waals surface area contributed by atoms with Crippen LogP contribution in [0.4, 0.5) is 10.8 Å². The molecule has 0 spiro atoms. The van der Waals surface area contributed by atoms with Crippen LogP contribution in [0.1, 0.15) is 16.3 Å². The number of anilines is 2. The van der Waals surface area contributed by atoms with Crippen molar-refractivity contribution in [3.05, 3.63) is 51.7 Å². The number of carbonyl (C=O) groups is 1. The largest absolute Gasteiger partial charge is 0.495 e. The molecular weight excluding hydrogens is 400 g/mol. The van der Waals surface area contributed by atoms with Crippen LogP contribution in [-0.2, 0) is 11.3 Å². The van der Waals surface area contributed by atoms with E-state index in [9.17, 15) is 4.79 Å². The molecule has 10 heteroatoms. The van der Waals surface area contributed by atoms with Gasteiger partial charge in [-0.3, -0.25) is 9.48 Å². The normalized spacial score (nSPS) is 11.0. The standard InChI is InChI=1S/C18H19ClN6O2S/c1-11-8-12(2)25(24-11)10-16(26)23-20-9-15-17(19)22-18(28-15)21-13-6-4-5-7-14(13)27-3/h4-9H,10H2,1-3H3,(H,21,22)(H,23,26)/b20-9+. The molecule has 0 fully saturated rings. The molecule has 0 aliphatic heterocycles. The molecule has 8 nitrogen and oxygen atoms in total. The number of hydrazone groups is 1. The zero-order chi connectivity index (χ0) is 20.1. The van der Waals surface area contributed by atoms with Crippen molar-refractivity contribution in [2.45, 2.75) is 20.4 Å². The van der Waals surface area contributed by atoms with Gasteiger partial charge in [-0.2, -0.15) is 10.2 Å². The Hall–Kier alpha value is -2.91. The van der Waals surface area contributed by atoms with Gasteiger partial charge < -0.3 is 10.1 Å². The summed E-state index contributed by atoms with van der Waals surface area (Å²) in [5.74, 6) is 0.413. The quantitative estimate of drug-likeness (QED) is 0.452. The lowest BCUT2D eigenvalue weighted by atomic mass is 10.3. The molecule has 0 aliphatic rings. The van der Waals surface area contributed by atoms with E-state index in [-0.39, 0.29) is 12.5 Å². The van der Waals surface area contributed by atoms with E-state index in [0.29, 0.717) is 20.9 Å². The predicted octanol–water partition coefficient (Wildman–Crippen LogP) is 3.51. The van der Waals surface area contributed by atoms with Crippen LogP contribution in [0.15, 0.2) is 35.4 Å². The van der Waals surface area contributed by atoms with Crippen LogP contribution in [0.25, 0.3) is 0 Å². The first-order valence-electron chi connectivity index (χ1n) is 8.35. The van der Waals surface area contributed by atoms with Crippen molar-refractivity contribution in [2.75, 3.05) is 12.4 Å². The molecule has 0 saturated carbocycles. The Morgan fingerprint density at radius 1 is 1.39 bits per heavy atom. The van der Waals surface area contributed by atoms with E-state index in [4.69, 9.17) is 16.3 Å². The molecule has 0 bridgehead atoms. The smallest absolute Gasteiger partial charge is 0.261 e. The van der Waals surface area contributed by atoms with E-state index in [0.717, 1.165) is 17.1 Å². The molecule has 2 heterocycles. The van der Waals surface area contributed by atoms with E-state index in [1.165, 1.54) is 17.6 Å². The highest BCUT2D eigenvalue weighted by atomic mass is 35.5. The topological polar surface area (TPSA) is 93.4 Å². The summed E-state index contributed by atoms with van der Waals surface area (Å²) in [6.07, 6.45) is 1.46. The molecule has 3 rings (SSSR count). The van der Waals surface area contributed by atoms with Crippen LogP contribution in [0, 0.1) is 13.8 Å². The molecule has 0 atom stereocenters. The Balaban J connectivity index is 1.61. The number of nitrogens with one attached hydrogen (secondary N) is 2. The van der Waals surface area contributed by atoms with Crippen molar-refractivity contribution in [3.63, 3.8) is 0 Å². The van der Waals surface area contributed by atoms with Gasteiger partial charge in [-0.25, -0.2) is 10.4 Å². The average Bonchev–Trinajstić information content (AvgIpc) is 3.16. The van der Waals surface area contributed by atoms with Crippen LogP contribution in [0.5, 0.6) is 5.75 Å². The number of rotatable bonds is 7. The fourth-order valence-electron chi connectivity index (χ4n) is 2.48. The van der Waals surface area contributed by atoms with Crippen molar-refractivity contribution in [1.82, 2.24) is 20.2 Å². The second-order valence-corrected chi connectivity index (χ2v) is 7.27. The molecule has 1 amide bonds. The predicted molar refractivity (Wildman–Crippen MR) is 111 cm³/mol. The Kier molecular flexibility index (Phi) is 6.27. The Labute approximate surface area is 171 Å². The average molecular weight is 419 g/mol. The molecule has 1 aromatic carbocycles. The van der Waals surface area contributed by atoms with E-state index in [1.807, 2.05) is 44.2 Å². The van der Waals surface area contributed by atoms with Crippen molar-refractivity contribution in [3.8, 4) is 5.75 Å². The third-order valence-corrected chi connectivity index (χ3v) is 5.03. The van der Waals surface area contributed by atoms with E-state index in [2.05, 4.69) is 25.9 Å². The van der Waals surface area contributed by atoms with Gasteiger partial charge in [-0.1, -0.05) is 35.1 Å². The van der Waals surface area contributed by atoms with Gasteiger partial charge in [-0.15, -0.1) is 0 Å². The van der Waals surface area contributed by atoms with Gasteiger partial charge in [0, 0.05) is 5.69 Å². The highest BCUT2D eigenvalue weighted by molar-refractivity contribution is 7.17. The fraction of sp³-hybridized carbons (Fsp3) is 0.222. The first-order chi connectivity index (χ1) is 13.5. The maximum Gasteiger partial charge on any atom is 0.261 e. The number of nitrogens with zero attached hydrogens (tertiary/aromatic N) is 4. The molecular formula is C18H19ClN6O2S. The first kappa shape index (κ1) is 19.8. The number of aryl methyl sites for hydroxylation is 2. The van der Waals surface area contributed by atoms with Crippen molar-refractivity contribution < 1.29 is 9.53 Å². The number of thiazole rings is 1. The maximum absolute atomic E-state index is 12.0. The summed E-state index contributed by atoms with van der Waals surface area (Å²) in [6, 6.07) is 9.40. The van der Waals surface area contributed by atoms with Gasteiger partial charge in [0.15, 0.2) is 10.3 Å². The molecule has 0 unspecified atom stereocenters. The third-order valence-electron chi connectivity index (χ3n) is 3.73. The van der Waals surface area contributed by atoms with Crippen molar-refractivity contribution in [1.29, 1.82) is 0 Å². The van der Waals surface area contributed by atoms with E-state index < -0.39 is 0 Å². The number of benzene rings is 1. The SMILES string of the molecule is COc1ccccc1Nc1nc(Cl)c(/C=N/NC(=O)Cn2nc(C)cc2C)s1. The summed E-state index contributed by atoms with van der Waals surface area (Å²) in [5, 5.41) is 12.2. The van der Waals surface area contributed by atoms with Gasteiger partial charge in [-0.05, 0) is 32.0 Å². The van der Waals surface area contributed by atoms with Gasteiger partial charge in [0.25, 0.3) is 5.91 Å². The van der Waals surface area contributed by atoms with Gasteiger partial charge >= 0.3 is 0 Å². The second-order valence-electron chi connectivity index (χ2n) is 5.88. The van der Waals surface area contributed by atoms with Crippen LogP contribution in [0.3, 0.4) is 0 Å². The number of hydrogen-bond acceptors (Lipinski definition) is 7. The zero-order valence-corrected chi connectivity index (χ0v) is 17.1. The number of halogens is 1. The van der Waals surface area contributed by atoms with Crippen LogP contribution in [0.2, 0.25) is 5.15 Å². The summed E-state index contributed by atoms with van der Waals surface area (Å²) < 4.78 is 6.93. The van der Waals surface area contributed by atoms with Gasteiger partial charge in [0.05, 0.1) is 29.6 Å². The molecule has 28 heavy (non-hydrogen) atoms. The highest BCUT2D eigenvalue weighted by Crippen LogP contribution is 2.31. The van der Waals surface area contributed by atoms with Crippen molar-refractivity contribution in [2.24, 2.45) is 5.10 Å². The van der Waals surface area contributed by atoms with Gasteiger partial charge in [0.2, 0.25) is 0 Å². The van der Waals surface area contributed by atoms with Crippen molar-refractivity contribution >= 4 is 45.9 Å². The van der Waals surface area contributed by atoms with E-state index in [1.54, 1.807) is 11.8 Å². The number of aromatic nitrogens is 3. The first-order valence-corrected chi connectivity index (χ1v) is 9.55. The number of ether oxygens (including phenoxy) is 1. The summed E-state index contributed by atoms with van der Waals surface area (Å²) in [5.41, 5.74) is 5.02. The summed E-state index contributed by atoms with van der Waals surface area (Å²) in [6.45, 7) is 3.86. The number of hydrogen-bond donors (Lipinski definition) is 2. The lowest BCUT2D eigenvalue weighted by molar-refractivity contribution is -0.121. The molecule has 2 N–H and O–H groups in total. The Bertz CT molecular complexity index is 1010. The third kappa shape index (κ3) is 4.87. The summed E-state index contributed by atoms with van der Waals surface area (Å²) in [4.78, 5) is 16.9. The number of methoxy groups -OCH3 is 1. The Morgan fingerprint density at radius 2 is 2.18 bits per heavy atom. The van der Waals surface area contributed by atoms with Crippen LogP contribution in [-0.4, -0.2) is 34.0 Å². The minimum absolute atomic E-state index is 0.0913. The monoisotopic (exact) mass is 418 g/mol. The molecule has 3 aromatic rings. The molecule has 146 valence electrons. The van der Waals surface area contributed by atoms with Gasteiger partial charge in [0.1, 0.15) is 12.3 Å².